The summed E-state index contributed by atoms with van der Waals surface area (Å²) in [5.74, 6) is -0.515. The molecular weight excluding hydrogens is 524 g/mol. The lowest BCUT2D eigenvalue weighted by Crippen LogP contribution is -2.49. The molecule has 0 saturated carbocycles. The van der Waals surface area contributed by atoms with Gasteiger partial charge in [-0.25, -0.2) is 0 Å². The molecule has 1 fully saturated rings. The number of primary amides is 1. The number of nitrogens with two attached hydrogens (primary N) is 1. The molecule has 7 heteroatoms. The number of rotatable bonds is 14. The molecule has 0 bridgehead atoms. The van der Waals surface area contributed by atoms with Crippen molar-refractivity contribution in [1.82, 2.24) is 14.7 Å². The van der Waals surface area contributed by atoms with E-state index >= 15 is 0 Å². The zero-order chi connectivity index (χ0) is 29.5. The monoisotopic (exact) mass is 566 g/mol. The van der Waals surface area contributed by atoms with Crippen molar-refractivity contribution in [3.63, 3.8) is 0 Å². The minimum absolute atomic E-state index is 0.104. The van der Waals surface area contributed by atoms with Gasteiger partial charge in [0.15, 0.2) is 0 Å². The van der Waals surface area contributed by atoms with Crippen LogP contribution in [0.5, 0.6) is 0 Å². The highest BCUT2D eigenvalue weighted by Gasteiger charge is 2.49. The van der Waals surface area contributed by atoms with Crippen molar-refractivity contribution in [1.29, 1.82) is 0 Å². The van der Waals surface area contributed by atoms with Crippen molar-refractivity contribution in [2.75, 3.05) is 46.3 Å². The zero-order valence-corrected chi connectivity index (χ0v) is 24.6. The Morgan fingerprint density at radius 3 is 1.90 bits per heavy atom. The summed E-state index contributed by atoms with van der Waals surface area (Å²) in [7, 11) is 2.16. The van der Waals surface area contributed by atoms with E-state index in [1.165, 1.54) is 4.90 Å². The minimum Gasteiger partial charge on any atom is -0.369 e. The summed E-state index contributed by atoms with van der Waals surface area (Å²) in [5, 5.41) is 0. The zero-order valence-electron chi connectivity index (χ0n) is 24.6. The highest BCUT2D eigenvalue weighted by molar-refractivity contribution is 6.21. The van der Waals surface area contributed by atoms with Crippen LogP contribution in [-0.4, -0.2) is 78.7 Å². The Bertz CT molecular complexity index is 1300. The number of hydrogen-bond donors (Lipinski definition) is 1. The average molecular weight is 567 g/mol. The number of amides is 3. The van der Waals surface area contributed by atoms with E-state index in [2.05, 4.69) is 16.8 Å². The first-order valence-electron chi connectivity index (χ1n) is 15.2. The van der Waals surface area contributed by atoms with Crippen LogP contribution >= 0.6 is 0 Å². The predicted molar refractivity (Wildman–Crippen MR) is 165 cm³/mol. The van der Waals surface area contributed by atoms with Crippen LogP contribution in [0, 0.1) is 5.92 Å². The predicted octanol–water partition coefficient (Wildman–Crippen LogP) is 4.57. The van der Waals surface area contributed by atoms with Gasteiger partial charge in [-0.1, -0.05) is 85.6 Å². The smallest absolute Gasteiger partial charge is 0.261 e. The fraction of sp³-hybridized carbons (Fsp3) is 0.400. The van der Waals surface area contributed by atoms with Gasteiger partial charge in [0.05, 0.1) is 11.1 Å². The van der Waals surface area contributed by atoms with Gasteiger partial charge in [-0.15, -0.1) is 0 Å². The van der Waals surface area contributed by atoms with Crippen molar-refractivity contribution < 1.29 is 14.4 Å². The standard InChI is InChI=1S/C35H42N4O3/c1-37(21-12-2-3-13-22-39-32(40)30-18-10-11-19-31(30)33(39)41)24-25-38-23-20-29(26-38)35(34(36)42,27-14-6-4-7-15-27)28-16-8-5-9-17-28/h4-11,14-19,29H,2-3,12-13,20-26H2,1H3,(H2,36,42)/t29-/m0/s1. The molecule has 3 aromatic carbocycles. The van der Waals surface area contributed by atoms with Gasteiger partial charge in [0.2, 0.25) is 5.91 Å². The molecule has 0 radical (unpaired) electrons. The highest BCUT2D eigenvalue weighted by atomic mass is 16.2. The molecule has 2 aliphatic heterocycles. The summed E-state index contributed by atoms with van der Waals surface area (Å²) in [5.41, 5.74) is 8.37. The van der Waals surface area contributed by atoms with Gasteiger partial charge in [0.1, 0.15) is 5.41 Å². The first-order chi connectivity index (χ1) is 20.4. The van der Waals surface area contributed by atoms with Gasteiger partial charge in [-0.05, 0) is 68.6 Å². The number of fused-ring (bicyclic) bond motifs is 1. The minimum atomic E-state index is -0.851. The van der Waals surface area contributed by atoms with Gasteiger partial charge in [0, 0.05) is 26.2 Å². The van der Waals surface area contributed by atoms with E-state index in [0.717, 1.165) is 76.0 Å². The normalized spacial score (nSPS) is 17.3. The van der Waals surface area contributed by atoms with E-state index in [1.54, 1.807) is 24.3 Å². The lowest BCUT2D eigenvalue weighted by Gasteiger charge is -2.37. The van der Waals surface area contributed by atoms with Gasteiger partial charge in [0.25, 0.3) is 11.8 Å². The Morgan fingerprint density at radius 1 is 0.786 bits per heavy atom. The molecule has 3 amide bonds. The second-order valence-corrected chi connectivity index (χ2v) is 11.7. The van der Waals surface area contributed by atoms with Crippen LogP contribution in [0.3, 0.4) is 0 Å². The summed E-state index contributed by atoms with van der Waals surface area (Å²) >= 11 is 0. The Hall–Kier alpha value is -3.81. The third-order valence-corrected chi connectivity index (χ3v) is 9.08. The van der Waals surface area contributed by atoms with Crippen LogP contribution in [0.25, 0.3) is 0 Å². The van der Waals surface area contributed by atoms with E-state index < -0.39 is 5.41 Å². The van der Waals surface area contributed by atoms with Crippen molar-refractivity contribution in [3.8, 4) is 0 Å². The second kappa shape index (κ2) is 13.4. The van der Waals surface area contributed by atoms with E-state index in [0.29, 0.717) is 17.7 Å². The number of carbonyl (C=O) groups excluding carboxylic acids is 3. The highest BCUT2D eigenvalue weighted by Crippen LogP contribution is 2.43. The SMILES string of the molecule is CN(CCCCCCN1C(=O)c2ccccc2C1=O)CCN1CC[C@H](C(C(N)=O)(c2ccccc2)c2ccccc2)C1. The van der Waals surface area contributed by atoms with Crippen molar-refractivity contribution in [2.45, 2.75) is 37.5 Å². The quantitative estimate of drug-likeness (QED) is 0.228. The van der Waals surface area contributed by atoms with Crippen LogP contribution in [0.1, 0.15) is 63.9 Å². The number of imide groups is 1. The fourth-order valence-electron chi connectivity index (χ4n) is 6.79. The van der Waals surface area contributed by atoms with Crippen molar-refractivity contribution in [3.05, 3.63) is 107 Å². The summed E-state index contributed by atoms with van der Waals surface area (Å²) in [6.45, 7) is 5.18. The van der Waals surface area contributed by atoms with Gasteiger partial charge in [-0.3, -0.25) is 19.3 Å². The average Bonchev–Trinajstić information content (AvgIpc) is 3.58. The molecule has 0 aliphatic carbocycles. The summed E-state index contributed by atoms with van der Waals surface area (Å²) in [6, 6.07) is 27.1. The lowest BCUT2D eigenvalue weighted by atomic mass is 9.64. The number of carbonyl (C=O) groups is 3. The molecule has 0 unspecified atom stereocenters. The molecular formula is C35H42N4O3. The molecule has 2 heterocycles. The molecule has 1 atom stereocenters. The number of benzene rings is 3. The summed E-state index contributed by atoms with van der Waals surface area (Å²) in [4.78, 5) is 44.6. The Balaban J connectivity index is 1.06. The number of unbranched alkanes of at least 4 members (excludes halogenated alkanes) is 3. The molecule has 220 valence electrons. The third kappa shape index (κ3) is 6.03. The number of hydrogen-bond acceptors (Lipinski definition) is 5. The van der Waals surface area contributed by atoms with Crippen LogP contribution in [0.4, 0.5) is 0 Å². The molecule has 42 heavy (non-hydrogen) atoms. The maximum Gasteiger partial charge on any atom is 0.261 e. The van der Waals surface area contributed by atoms with Crippen molar-refractivity contribution >= 4 is 17.7 Å². The molecule has 5 rings (SSSR count). The molecule has 3 aromatic rings. The van der Waals surface area contributed by atoms with Crippen LogP contribution in [0.15, 0.2) is 84.9 Å². The Labute approximate surface area is 249 Å². The number of likely N-dealkylation sites (tertiary alicyclic amines) is 1. The van der Waals surface area contributed by atoms with E-state index in [9.17, 15) is 14.4 Å². The van der Waals surface area contributed by atoms with Gasteiger partial charge in [-0.2, -0.15) is 0 Å². The number of likely N-dealkylation sites (N-methyl/N-ethyl adjacent to an activating group) is 1. The molecule has 2 N–H and O–H groups in total. The first kappa shape index (κ1) is 29.7. The van der Waals surface area contributed by atoms with Crippen LogP contribution in [-0.2, 0) is 10.2 Å². The van der Waals surface area contributed by atoms with Crippen molar-refractivity contribution in [2.24, 2.45) is 11.7 Å². The topological polar surface area (TPSA) is 87.0 Å². The van der Waals surface area contributed by atoms with Gasteiger partial charge < -0.3 is 15.5 Å². The fourth-order valence-corrected chi connectivity index (χ4v) is 6.79. The van der Waals surface area contributed by atoms with E-state index in [1.807, 2.05) is 60.7 Å². The first-order valence-corrected chi connectivity index (χ1v) is 15.2. The molecule has 7 nitrogen and oxygen atoms in total. The molecule has 0 aromatic heterocycles. The van der Waals surface area contributed by atoms with E-state index in [4.69, 9.17) is 5.73 Å². The maximum atomic E-state index is 13.3. The Morgan fingerprint density at radius 2 is 1.33 bits per heavy atom. The molecule has 2 aliphatic rings. The summed E-state index contributed by atoms with van der Waals surface area (Å²) in [6.07, 6.45) is 4.88. The maximum absolute atomic E-state index is 13.3. The molecule has 0 spiro atoms. The van der Waals surface area contributed by atoms with Crippen LogP contribution in [0.2, 0.25) is 0 Å². The summed E-state index contributed by atoms with van der Waals surface area (Å²) < 4.78 is 0. The lowest BCUT2D eigenvalue weighted by molar-refractivity contribution is -0.123. The molecule has 1 saturated heterocycles. The van der Waals surface area contributed by atoms with E-state index in [-0.39, 0.29) is 23.6 Å². The number of nitrogens with zero attached hydrogens (tertiary/aromatic N) is 3. The van der Waals surface area contributed by atoms with Crippen LogP contribution < -0.4 is 5.73 Å². The Kier molecular flexibility index (Phi) is 9.50. The third-order valence-electron chi connectivity index (χ3n) is 9.08. The largest absolute Gasteiger partial charge is 0.369 e. The van der Waals surface area contributed by atoms with Gasteiger partial charge >= 0.3 is 0 Å². The second-order valence-electron chi connectivity index (χ2n) is 11.7.